The van der Waals surface area contributed by atoms with Gasteiger partial charge in [0.05, 0.1) is 18.7 Å². The van der Waals surface area contributed by atoms with Crippen molar-refractivity contribution in [2.45, 2.75) is 77.6 Å². The van der Waals surface area contributed by atoms with Crippen molar-refractivity contribution >= 4 is 17.6 Å². The molecule has 0 heterocycles. The Labute approximate surface area is 228 Å². The second-order valence-corrected chi connectivity index (χ2v) is 9.49. The molecule has 0 saturated heterocycles. The fourth-order valence-corrected chi connectivity index (χ4v) is 4.14. The summed E-state index contributed by atoms with van der Waals surface area (Å²) in [5, 5.41) is 13.4. The van der Waals surface area contributed by atoms with Gasteiger partial charge in [-0.25, -0.2) is 0 Å². The molecule has 2 aromatic carbocycles. The van der Waals surface area contributed by atoms with Crippen molar-refractivity contribution in [2.75, 3.05) is 18.5 Å². The lowest BCUT2D eigenvalue weighted by Gasteiger charge is -2.22. The van der Waals surface area contributed by atoms with E-state index in [0.29, 0.717) is 23.2 Å². The summed E-state index contributed by atoms with van der Waals surface area (Å²) < 4.78 is 43.7. The third kappa shape index (κ3) is 12.4. The zero-order valence-electron chi connectivity index (χ0n) is 22.6. The summed E-state index contributed by atoms with van der Waals surface area (Å²) in [6, 6.07) is 9.50. The first-order valence-electron chi connectivity index (χ1n) is 13.4. The lowest BCUT2D eigenvalue weighted by molar-refractivity contribution is -0.144. The molecule has 0 aliphatic heterocycles. The molecule has 0 fully saturated rings. The number of nitrogens with one attached hydrogen (secondary N) is 1. The van der Waals surface area contributed by atoms with Crippen LogP contribution in [0.5, 0.6) is 5.75 Å². The number of hydrogen-bond acceptors (Lipinski definition) is 5. The number of anilines is 1. The number of unbranched alkanes of at least 4 members (excludes halogenated alkanes) is 6. The van der Waals surface area contributed by atoms with Gasteiger partial charge in [-0.3, -0.25) is 14.5 Å². The van der Waals surface area contributed by atoms with Gasteiger partial charge in [-0.2, -0.15) is 13.2 Å². The van der Waals surface area contributed by atoms with Crippen molar-refractivity contribution < 1.29 is 32.6 Å². The zero-order valence-corrected chi connectivity index (χ0v) is 22.6. The van der Waals surface area contributed by atoms with Crippen LogP contribution in [-0.4, -0.2) is 35.0 Å². The van der Waals surface area contributed by atoms with Crippen LogP contribution in [0.3, 0.4) is 0 Å². The zero-order chi connectivity index (χ0) is 28.7. The summed E-state index contributed by atoms with van der Waals surface area (Å²) >= 11 is 0. The van der Waals surface area contributed by atoms with E-state index in [-0.39, 0.29) is 37.9 Å². The van der Waals surface area contributed by atoms with Crippen LogP contribution in [0.4, 0.5) is 18.9 Å². The summed E-state index contributed by atoms with van der Waals surface area (Å²) in [5.74, 6) is -0.668. The number of hydrogen-bond donors (Lipinski definition) is 2. The summed E-state index contributed by atoms with van der Waals surface area (Å²) in [6.07, 6.45) is 5.28. The largest absolute Gasteiger partial charge is 0.508 e. The molecule has 0 unspecified atom stereocenters. The Morgan fingerprint density at radius 1 is 1.00 bits per heavy atom. The normalized spacial score (nSPS) is 11.4. The molecule has 0 bridgehead atoms. The highest BCUT2D eigenvalue weighted by atomic mass is 19.4. The van der Waals surface area contributed by atoms with E-state index in [4.69, 9.17) is 4.74 Å². The van der Waals surface area contributed by atoms with E-state index in [1.165, 1.54) is 24.6 Å². The monoisotopic (exact) mass is 548 g/mol. The first-order chi connectivity index (χ1) is 18.6. The molecule has 2 aromatic rings. The van der Waals surface area contributed by atoms with Gasteiger partial charge in [0.1, 0.15) is 5.75 Å². The van der Waals surface area contributed by atoms with Crippen molar-refractivity contribution in [1.82, 2.24) is 4.90 Å². The SMILES string of the molecule is C=CCCCCCCCCC(=O)Nc1ccc(CN(CC(=O)OCC)Cc2ccc(C(F)(F)F)cc2)c(O)c1. The Kier molecular flexibility index (Phi) is 13.6. The molecular weight excluding hydrogens is 509 g/mol. The molecule has 2 N–H and O–H groups in total. The van der Waals surface area contributed by atoms with Gasteiger partial charge in [0.15, 0.2) is 0 Å². The number of allylic oxidation sites excluding steroid dienone is 1. The standard InChI is InChI=1S/C30H39F3N2O4/c1-3-5-6-7-8-9-10-11-12-28(37)34-26-18-15-24(27(36)19-26)21-35(22-29(38)39-4-2)20-23-13-16-25(17-14-23)30(31,32)33/h3,13-19,36H,1,4-12,20-22H2,2H3,(H,34,37). The number of esters is 1. The molecule has 0 aliphatic carbocycles. The lowest BCUT2D eigenvalue weighted by Crippen LogP contribution is -2.30. The van der Waals surface area contributed by atoms with E-state index in [1.807, 2.05) is 6.08 Å². The summed E-state index contributed by atoms with van der Waals surface area (Å²) in [6.45, 7) is 5.80. The van der Waals surface area contributed by atoms with Gasteiger partial charge in [-0.1, -0.05) is 50.0 Å². The highest BCUT2D eigenvalue weighted by Crippen LogP contribution is 2.29. The summed E-state index contributed by atoms with van der Waals surface area (Å²) in [4.78, 5) is 26.1. The minimum Gasteiger partial charge on any atom is -0.508 e. The van der Waals surface area contributed by atoms with Crippen LogP contribution in [0, 0.1) is 0 Å². The Bertz CT molecular complexity index is 1060. The Hall–Kier alpha value is -3.33. The van der Waals surface area contributed by atoms with E-state index in [1.54, 1.807) is 24.0 Å². The number of rotatable bonds is 17. The van der Waals surface area contributed by atoms with Crippen molar-refractivity contribution in [3.63, 3.8) is 0 Å². The van der Waals surface area contributed by atoms with Crippen molar-refractivity contribution in [3.05, 3.63) is 71.8 Å². The van der Waals surface area contributed by atoms with E-state index in [0.717, 1.165) is 50.7 Å². The fourth-order valence-electron chi connectivity index (χ4n) is 4.14. The number of halogens is 3. The molecule has 0 aromatic heterocycles. The van der Waals surface area contributed by atoms with E-state index >= 15 is 0 Å². The average Bonchev–Trinajstić information content (AvgIpc) is 2.87. The first kappa shape index (κ1) is 31.9. The molecule has 6 nitrogen and oxygen atoms in total. The van der Waals surface area contributed by atoms with Gasteiger partial charge in [-0.15, -0.1) is 6.58 Å². The molecule has 0 saturated carbocycles. The number of carbonyl (C=O) groups is 2. The van der Waals surface area contributed by atoms with Crippen molar-refractivity contribution in [2.24, 2.45) is 0 Å². The van der Waals surface area contributed by atoms with Gasteiger partial charge in [0, 0.05) is 36.8 Å². The molecular formula is C30H39F3N2O4. The number of nitrogens with zero attached hydrogens (tertiary/aromatic N) is 1. The topological polar surface area (TPSA) is 78.9 Å². The molecule has 0 atom stereocenters. The van der Waals surface area contributed by atoms with Crippen LogP contribution in [0.1, 0.15) is 75.0 Å². The first-order valence-corrected chi connectivity index (χ1v) is 13.4. The summed E-state index contributed by atoms with van der Waals surface area (Å²) in [7, 11) is 0. The second kappa shape index (κ2) is 16.6. The lowest BCUT2D eigenvalue weighted by atomic mass is 10.1. The molecule has 0 aliphatic rings. The van der Waals surface area contributed by atoms with Gasteiger partial charge in [-0.05, 0) is 49.9 Å². The van der Waals surface area contributed by atoms with E-state index < -0.39 is 17.7 Å². The molecule has 0 spiro atoms. The predicted molar refractivity (Wildman–Crippen MR) is 146 cm³/mol. The molecule has 0 radical (unpaired) electrons. The number of aromatic hydroxyl groups is 1. The number of phenolic OH excluding ortho intramolecular Hbond substituents is 1. The highest BCUT2D eigenvalue weighted by molar-refractivity contribution is 5.90. The predicted octanol–water partition coefficient (Wildman–Crippen LogP) is 7.22. The fraction of sp³-hybridized carbons (Fsp3) is 0.467. The maximum Gasteiger partial charge on any atom is 0.416 e. The van der Waals surface area contributed by atoms with Crippen LogP contribution in [-0.2, 0) is 33.6 Å². The van der Waals surface area contributed by atoms with Gasteiger partial charge < -0.3 is 15.2 Å². The minimum absolute atomic E-state index is 0.0615. The summed E-state index contributed by atoms with van der Waals surface area (Å²) in [5.41, 5.74) is 0.788. The number of phenols is 1. The average molecular weight is 549 g/mol. The van der Waals surface area contributed by atoms with Crippen LogP contribution >= 0.6 is 0 Å². The van der Waals surface area contributed by atoms with E-state index in [2.05, 4.69) is 11.9 Å². The minimum atomic E-state index is -4.43. The third-order valence-corrected chi connectivity index (χ3v) is 6.17. The molecule has 1 amide bonds. The quantitative estimate of drug-likeness (QED) is 0.124. The molecule has 2 rings (SSSR count). The number of ether oxygens (including phenoxy) is 1. The Morgan fingerprint density at radius 2 is 1.67 bits per heavy atom. The number of carbonyl (C=O) groups excluding carboxylic acids is 2. The number of benzene rings is 2. The van der Waals surface area contributed by atoms with Crippen molar-refractivity contribution in [1.29, 1.82) is 0 Å². The van der Waals surface area contributed by atoms with E-state index in [9.17, 15) is 27.9 Å². The number of amides is 1. The highest BCUT2D eigenvalue weighted by Gasteiger charge is 2.30. The van der Waals surface area contributed by atoms with Crippen molar-refractivity contribution in [3.8, 4) is 5.75 Å². The van der Waals surface area contributed by atoms with Gasteiger partial charge in [0.2, 0.25) is 5.91 Å². The maximum absolute atomic E-state index is 12.9. The van der Waals surface area contributed by atoms with Crippen LogP contribution in [0.15, 0.2) is 55.1 Å². The molecule has 9 heteroatoms. The second-order valence-electron chi connectivity index (χ2n) is 9.49. The van der Waals surface area contributed by atoms with Gasteiger partial charge in [0.25, 0.3) is 0 Å². The molecule has 39 heavy (non-hydrogen) atoms. The Morgan fingerprint density at radius 3 is 2.28 bits per heavy atom. The maximum atomic E-state index is 12.9. The smallest absolute Gasteiger partial charge is 0.416 e. The van der Waals surface area contributed by atoms with Crippen LogP contribution in [0.2, 0.25) is 0 Å². The number of alkyl halides is 3. The van der Waals surface area contributed by atoms with Crippen LogP contribution in [0.25, 0.3) is 0 Å². The van der Waals surface area contributed by atoms with Gasteiger partial charge >= 0.3 is 12.1 Å². The molecule has 214 valence electrons. The van der Waals surface area contributed by atoms with Crippen LogP contribution < -0.4 is 5.32 Å². The Balaban J connectivity index is 1.94. The third-order valence-electron chi connectivity index (χ3n) is 6.17.